The Balaban J connectivity index is 1.19. The van der Waals surface area contributed by atoms with E-state index in [0.717, 1.165) is 104 Å². The number of rotatable bonds is 7. The lowest BCUT2D eigenvalue weighted by Crippen LogP contribution is -2.44. The van der Waals surface area contributed by atoms with Gasteiger partial charge in [-0.05, 0) is 115 Å². The maximum atomic E-state index is 14.2. The molecule has 7 rings (SSSR count). The topological polar surface area (TPSA) is 96.1 Å². The Bertz CT molecular complexity index is 1840. The van der Waals surface area contributed by atoms with Gasteiger partial charge >= 0.3 is 0 Å². The second-order valence-electron chi connectivity index (χ2n) is 13.1. The minimum atomic E-state index is -0.636. The number of halogens is 2. The Morgan fingerprint density at radius 3 is 2.46 bits per heavy atom. The third-order valence-corrected chi connectivity index (χ3v) is 9.66. The zero-order chi connectivity index (χ0) is 33.2. The molecule has 0 bridgehead atoms. The van der Waals surface area contributed by atoms with E-state index in [1.54, 1.807) is 12.4 Å². The molecule has 8 nitrogen and oxygen atoms in total. The van der Waals surface area contributed by atoms with Crippen molar-refractivity contribution in [1.82, 2.24) is 15.2 Å². The predicted molar refractivity (Wildman–Crippen MR) is 184 cm³/mol. The number of hydrogen-bond donors (Lipinski definition) is 2. The van der Waals surface area contributed by atoms with Crippen molar-refractivity contribution in [3.63, 3.8) is 0 Å². The number of fused-ring (bicyclic) bond motifs is 1. The first kappa shape index (κ1) is 31.9. The molecule has 3 aliphatic rings. The molecule has 248 valence electrons. The third-order valence-electron chi connectivity index (χ3n) is 9.66. The van der Waals surface area contributed by atoms with Gasteiger partial charge in [-0.25, -0.2) is 8.78 Å². The fourth-order valence-corrected chi connectivity index (χ4v) is 7.02. The number of piperazine rings is 1. The van der Waals surface area contributed by atoms with Gasteiger partial charge in [-0.1, -0.05) is 0 Å². The van der Waals surface area contributed by atoms with Gasteiger partial charge in [0, 0.05) is 80.2 Å². The highest BCUT2D eigenvalue weighted by Crippen LogP contribution is 2.33. The zero-order valence-electron chi connectivity index (χ0n) is 27.1. The summed E-state index contributed by atoms with van der Waals surface area (Å²) in [5.74, 6) is -0.538. The molecule has 1 amide bonds. The number of aliphatic imine (C=N–C) groups is 1. The Labute approximate surface area is 279 Å². The number of amides is 1. The average molecular weight is 651 g/mol. The third kappa shape index (κ3) is 7.10. The van der Waals surface area contributed by atoms with E-state index >= 15 is 0 Å². The molecule has 3 aliphatic heterocycles. The Morgan fingerprint density at radius 1 is 0.938 bits per heavy atom. The normalized spacial score (nSPS) is 16.9. The molecule has 10 heteroatoms. The van der Waals surface area contributed by atoms with Gasteiger partial charge in [0.25, 0.3) is 5.91 Å². The van der Waals surface area contributed by atoms with Crippen LogP contribution in [0.5, 0.6) is 0 Å². The number of amidine groups is 1. The van der Waals surface area contributed by atoms with E-state index < -0.39 is 11.6 Å². The molecule has 0 spiro atoms. The summed E-state index contributed by atoms with van der Waals surface area (Å²) in [7, 11) is 2.14. The van der Waals surface area contributed by atoms with Gasteiger partial charge in [0.2, 0.25) is 0 Å². The van der Waals surface area contributed by atoms with Crippen molar-refractivity contribution >= 4 is 23.1 Å². The lowest BCUT2D eigenvalue weighted by atomic mass is 9.89. The van der Waals surface area contributed by atoms with E-state index in [4.69, 9.17) is 15.5 Å². The second-order valence-corrected chi connectivity index (χ2v) is 13.1. The zero-order valence-corrected chi connectivity index (χ0v) is 27.1. The summed E-state index contributed by atoms with van der Waals surface area (Å²) in [5.41, 5.74) is 14.1. The molecule has 2 fully saturated rings. The van der Waals surface area contributed by atoms with Crippen molar-refractivity contribution < 1.29 is 18.3 Å². The van der Waals surface area contributed by atoms with E-state index in [0.29, 0.717) is 35.1 Å². The van der Waals surface area contributed by atoms with Crippen LogP contribution < -0.4 is 16.0 Å². The van der Waals surface area contributed by atoms with E-state index in [1.807, 2.05) is 24.3 Å². The lowest BCUT2D eigenvalue weighted by molar-refractivity contribution is 0.0664. The van der Waals surface area contributed by atoms with Crippen molar-refractivity contribution in [1.29, 1.82) is 0 Å². The standard InChI is InChI=1S/C38H40F2N6O2/c1-45-6-8-46(9-7-45)33-2-3-34(26(17-33)12-24-4-10-48-11-5-24)38(47)44-37-36-18-27(13-25-14-30(39)20-31(40)15-25)35(19-29(36)22-43-37)28-16-32(41)23-42-21-28/h2-3,14-21,23-24H,4-13,22,41H2,1H3,(H,43,44,47). The Hall–Kier alpha value is -4.67. The number of carbonyl (C=O) groups excluding carboxylic acids is 1. The highest BCUT2D eigenvalue weighted by atomic mass is 19.1. The van der Waals surface area contributed by atoms with Crippen molar-refractivity contribution in [2.45, 2.75) is 32.2 Å². The molecule has 4 aromatic rings. The van der Waals surface area contributed by atoms with Gasteiger partial charge in [0.1, 0.15) is 17.5 Å². The summed E-state index contributed by atoms with van der Waals surface area (Å²) in [6, 6.07) is 15.5. The Kier molecular flexibility index (Phi) is 9.19. The van der Waals surface area contributed by atoms with Gasteiger partial charge in [0.05, 0.1) is 12.2 Å². The number of anilines is 2. The van der Waals surface area contributed by atoms with Crippen LogP contribution in [0, 0.1) is 17.6 Å². The number of likely N-dealkylation sites (N-methyl/N-ethyl adjacent to an activating group) is 1. The molecular formula is C38H40F2N6O2. The van der Waals surface area contributed by atoms with E-state index in [2.05, 4.69) is 39.3 Å². The highest BCUT2D eigenvalue weighted by molar-refractivity contribution is 6.15. The number of benzene rings is 3. The molecular weight excluding hydrogens is 610 g/mol. The van der Waals surface area contributed by atoms with Crippen LogP contribution in [0.1, 0.15) is 51.0 Å². The molecule has 4 heterocycles. The van der Waals surface area contributed by atoms with E-state index in [1.165, 1.54) is 12.1 Å². The molecule has 3 N–H and O–H groups in total. The molecule has 0 aliphatic carbocycles. The van der Waals surface area contributed by atoms with Crippen LogP contribution in [0.4, 0.5) is 20.2 Å². The van der Waals surface area contributed by atoms with Crippen LogP contribution in [0.3, 0.4) is 0 Å². The predicted octanol–water partition coefficient (Wildman–Crippen LogP) is 5.61. The lowest BCUT2D eigenvalue weighted by Gasteiger charge is -2.34. The van der Waals surface area contributed by atoms with Crippen molar-refractivity contribution in [3.8, 4) is 11.1 Å². The number of pyridine rings is 1. The van der Waals surface area contributed by atoms with E-state index in [9.17, 15) is 13.6 Å². The van der Waals surface area contributed by atoms with Gasteiger partial charge in [0.15, 0.2) is 0 Å². The molecule has 48 heavy (non-hydrogen) atoms. The molecule has 0 saturated carbocycles. The molecule has 0 radical (unpaired) electrons. The van der Waals surface area contributed by atoms with Crippen molar-refractivity contribution in [2.75, 3.05) is 57.1 Å². The number of carbonyl (C=O) groups is 1. The van der Waals surface area contributed by atoms with Crippen LogP contribution >= 0.6 is 0 Å². The molecule has 3 aromatic carbocycles. The summed E-state index contributed by atoms with van der Waals surface area (Å²) in [4.78, 5) is 27.8. The number of nitrogens with one attached hydrogen (secondary N) is 1. The van der Waals surface area contributed by atoms with E-state index in [-0.39, 0.29) is 12.3 Å². The van der Waals surface area contributed by atoms with Crippen LogP contribution in [-0.4, -0.2) is 68.1 Å². The maximum absolute atomic E-state index is 14.2. The van der Waals surface area contributed by atoms with Crippen LogP contribution in [0.2, 0.25) is 0 Å². The minimum absolute atomic E-state index is 0.202. The highest BCUT2D eigenvalue weighted by Gasteiger charge is 2.25. The number of ether oxygens (including phenoxy) is 1. The summed E-state index contributed by atoms with van der Waals surface area (Å²) in [6.07, 6.45) is 6.31. The number of nitrogens with two attached hydrogens (primary N) is 1. The van der Waals surface area contributed by atoms with Gasteiger partial charge < -0.3 is 25.6 Å². The van der Waals surface area contributed by atoms with Crippen LogP contribution in [0.25, 0.3) is 11.1 Å². The fourth-order valence-electron chi connectivity index (χ4n) is 7.02. The SMILES string of the molecule is CN1CCN(c2ccc(C(=O)NC3=NCc4cc(-c5cncc(N)c5)c(Cc5cc(F)cc(F)c5)cc43)c(CC3CCOCC3)c2)CC1. The summed E-state index contributed by atoms with van der Waals surface area (Å²) in [6.45, 7) is 5.78. The number of hydrogen-bond acceptors (Lipinski definition) is 7. The largest absolute Gasteiger partial charge is 0.397 e. The summed E-state index contributed by atoms with van der Waals surface area (Å²) < 4.78 is 34.0. The van der Waals surface area contributed by atoms with Crippen molar-refractivity contribution in [2.24, 2.45) is 10.9 Å². The van der Waals surface area contributed by atoms with Gasteiger partial charge in [-0.15, -0.1) is 0 Å². The Morgan fingerprint density at radius 2 is 1.71 bits per heavy atom. The molecule has 1 aromatic heterocycles. The summed E-state index contributed by atoms with van der Waals surface area (Å²) >= 11 is 0. The number of nitrogens with zero attached hydrogens (tertiary/aromatic N) is 4. The first-order valence-corrected chi connectivity index (χ1v) is 16.6. The number of nitrogen functional groups attached to an aromatic ring is 1. The van der Waals surface area contributed by atoms with Crippen molar-refractivity contribution in [3.05, 3.63) is 112 Å². The van der Waals surface area contributed by atoms with Gasteiger partial charge in [-0.2, -0.15) is 0 Å². The first-order chi connectivity index (χ1) is 23.3. The smallest absolute Gasteiger partial charge is 0.257 e. The minimum Gasteiger partial charge on any atom is -0.397 e. The molecule has 0 atom stereocenters. The monoisotopic (exact) mass is 650 g/mol. The van der Waals surface area contributed by atoms with Crippen LogP contribution in [0.15, 0.2) is 72.0 Å². The maximum Gasteiger partial charge on any atom is 0.257 e. The van der Waals surface area contributed by atoms with Crippen LogP contribution in [-0.2, 0) is 24.1 Å². The first-order valence-electron chi connectivity index (χ1n) is 16.6. The molecule has 0 unspecified atom stereocenters. The van der Waals surface area contributed by atoms with Gasteiger partial charge in [-0.3, -0.25) is 14.8 Å². The second kappa shape index (κ2) is 13.8. The number of aromatic nitrogens is 1. The average Bonchev–Trinajstić information content (AvgIpc) is 3.45. The fraction of sp³-hybridized carbons (Fsp3) is 0.342. The summed E-state index contributed by atoms with van der Waals surface area (Å²) in [5, 5.41) is 3.13. The molecule has 2 saturated heterocycles. The quantitative estimate of drug-likeness (QED) is 0.270.